The van der Waals surface area contributed by atoms with Gasteiger partial charge in [0.05, 0.1) is 16.6 Å². The number of hydrogen-bond donors (Lipinski definition) is 2. The number of hydrogen-bond acceptors (Lipinski definition) is 5. The molecule has 0 aliphatic rings. The molecule has 2 rings (SSSR count). The Hall–Kier alpha value is -3.11. The second kappa shape index (κ2) is 9.39. The minimum atomic E-state index is -0.977. The van der Waals surface area contributed by atoms with E-state index in [0.29, 0.717) is 15.6 Å². The molecule has 0 radical (unpaired) electrons. The Labute approximate surface area is 156 Å². The van der Waals surface area contributed by atoms with Crippen LogP contribution in [0.25, 0.3) is 0 Å². The van der Waals surface area contributed by atoms with Crippen molar-refractivity contribution in [3.05, 3.63) is 59.6 Å². The second-order valence-electron chi connectivity index (χ2n) is 5.79. The number of rotatable bonds is 2. The highest BCUT2D eigenvalue weighted by atomic mass is 32.1. The highest BCUT2D eigenvalue weighted by Crippen LogP contribution is 2.18. The zero-order valence-corrected chi connectivity index (χ0v) is 15.6. The van der Waals surface area contributed by atoms with Crippen LogP contribution < -0.4 is 5.32 Å². The first-order chi connectivity index (χ1) is 12.2. The molecule has 0 unspecified atom stereocenters. The van der Waals surface area contributed by atoms with Crippen LogP contribution in [-0.4, -0.2) is 27.8 Å². The molecular weight excluding hydrogens is 352 g/mol. The van der Waals surface area contributed by atoms with E-state index in [4.69, 9.17) is 9.84 Å². The molecule has 1 aromatic heterocycles. The maximum atomic E-state index is 11.7. The normalized spacial score (nSPS) is 9.81. The molecule has 26 heavy (non-hydrogen) atoms. The second-order valence-corrected chi connectivity index (χ2v) is 6.82. The van der Waals surface area contributed by atoms with E-state index in [-0.39, 0.29) is 5.56 Å². The monoisotopic (exact) mass is 372 g/mol. The van der Waals surface area contributed by atoms with E-state index in [1.54, 1.807) is 39.1 Å². The fourth-order valence-electron chi connectivity index (χ4n) is 1.61. The van der Waals surface area contributed by atoms with Crippen LogP contribution in [0, 0.1) is 11.8 Å². The Morgan fingerprint density at radius 3 is 2.35 bits per heavy atom. The van der Waals surface area contributed by atoms with E-state index < -0.39 is 17.7 Å². The third-order valence-electron chi connectivity index (χ3n) is 2.58. The van der Waals surface area contributed by atoms with Crippen LogP contribution in [0.15, 0.2) is 43.6 Å². The third-order valence-corrected chi connectivity index (χ3v) is 3.40. The average molecular weight is 372 g/mol. The molecule has 0 bridgehead atoms. The molecule has 1 heterocycles. The number of nitrogens with one attached hydrogen (secondary N) is 1. The first-order valence-corrected chi connectivity index (χ1v) is 8.36. The van der Waals surface area contributed by atoms with E-state index in [2.05, 4.69) is 35.3 Å². The number of amides is 1. The minimum Gasteiger partial charge on any atom is -0.478 e. The lowest BCUT2D eigenvalue weighted by molar-refractivity contribution is 0.0634. The number of carbonyl (C=O) groups is 2. The van der Waals surface area contributed by atoms with Gasteiger partial charge in [-0.05, 0) is 51.0 Å². The summed E-state index contributed by atoms with van der Waals surface area (Å²) in [5.41, 5.74) is 0.323. The largest absolute Gasteiger partial charge is 0.478 e. The van der Waals surface area contributed by atoms with Gasteiger partial charge in [-0.25, -0.2) is 14.6 Å². The number of nitrogens with zero attached hydrogens (tertiary/aromatic N) is 1. The van der Waals surface area contributed by atoms with E-state index in [1.165, 1.54) is 23.5 Å². The summed E-state index contributed by atoms with van der Waals surface area (Å²) in [5, 5.41) is 11.8. The van der Waals surface area contributed by atoms with E-state index in [0.717, 1.165) is 0 Å². The summed E-state index contributed by atoms with van der Waals surface area (Å²) in [4.78, 5) is 27.2. The van der Waals surface area contributed by atoms with Gasteiger partial charge in [-0.15, -0.1) is 13.2 Å². The van der Waals surface area contributed by atoms with Gasteiger partial charge in [-0.2, -0.15) is 0 Å². The number of aromatic nitrogens is 1. The maximum absolute atomic E-state index is 11.7. The number of ether oxygens (including phenoxy) is 1. The number of thiazole rings is 1. The van der Waals surface area contributed by atoms with Crippen LogP contribution in [0.1, 0.15) is 41.6 Å². The van der Waals surface area contributed by atoms with Gasteiger partial charge < -0.3 is 9.84 Å². The maximum Gasteiger partial charge on any atom is 0.413 e. The zero-order valence-electron chi connectivity index (χ0n) is 14.8. The molecule has 2 N–H and O–H groups in total. The number of benzene rings is 1. The van der Waals surface area contributed by atoms with Crippen molar-refractivity contribution in [3.63, 3.8) is 0 Å². The molecule has 0 fully saturated rings. The molecule has 6 nitrogen and oxygen atoms in total. The van der Waals surface area contributed by atoms with Crippen molar-refractivity contribution in [1.82, 2.24) is 4.98 Å². The van der Waals surface area contributed by atoms with Gasteiger partial charge in [0.25, 0.3) is 0 Å². The van der Waals surface area contributed by atoms with Gasteiger partial charge in [0, 0.05) is 5.56 Å². The van der Waals surface area contributed by atoms with Crippen molar-refractivity contribution in [2.45, 2.75) is 26.4 Å². The Morgan fingerprint density at radius 2 is 1.81 bits per heavy atom. The van der Waals surface area contributed by atoms with Crippen LogP contribution in [0.3, 0.4) is 0 Å². The quantitative estimate of drug-likeness (QED) is 0.603. The predicted octanol–water partition coefficient (Wildman–Crippen LogP) is 4.39. The van der Waals surface area contributed by atoms with Gasteiger partial charge in [-0.3, -0.25) is 5.32 Å². The summed E-state index contributed by atoms with van der Waals surface area (Å²) < 4.78 is 5.14. The van der Waals surface area contributed by atoms with Crippen LogP contribution >= 0.6 is 11.3 Å². The lowest BCUT2D eigenvalue weighted by Gasteiger charge is -2.18. The smallest absolute Gasteiger partial charge is 0.413 e. The van der Waals surface area contributed by atoms with Crippen molar-refractivity contribution in [2.24, 2.45) is 0 Å². The van der Waals surface area contributed by atoms with Crippen molar-refractivity contribution in [2.75, 3.05) is 5.32 Å². The van der Waals surface area contributed by atoms with Crippen molar-refractivity contribution in [3.8, 4) is 11.8 Å². The van der Waals surface area contributed by atoms with Gasteiger partial charge in [-0.1, -0.05) is 17.3 Å². The molecule has 0 saturated carbocycles. The number of carboxylic acid groups (broad SMARTS) is 1. The molecule has 0 atom stereocenters. The highest BCUT2D eigenvalue weighted by Gasteiger charge is 2.17. The Kier molecular flexibility index (Phi) is 7.56. The summed E-state index contributed by atoms with van der Waals surface area (Å²) in [6.07, 6.45) is 0.983. The Morgan fingerprint density at radius 1 is 1.19 bits per heavy atom. The zero-order chi connectivity index (χ0) is 19.7. The molecule has 1 amide bonds. The summed E-state index contributed by atoms with van der Waals surface area (Å²) in [7, 11) is 0. The number of carboxylic acids is 1. The van der Waals surface area contributed by atoms with Crippen LogP contribution in [0.5, 0.6) is 0 Å². The first kappa shape index (κ1) is 20.9. The SMILES string of the molecule is C=C.CC(C)(C)OC(=O)Nc1ncc(C#Cc2ccc(C(=O)O)cc2)s1. The summed E-state index contributed by atoms with van der Waals surface area (Å²) in [6, 6.07) is 6.26. The molecule has 0 aliphatic carbocycles. The van der Waals surface area contributed by atoms with Crippen LogP contribution in [0.2, 0.25) is 0 Å². The summed E-state index contributed by atoms with van der Waals surface area (Å²) >= 11 is 1.22. The lowest BCUT2D eigenvalue weighted by Crippen LogP contribution is -2.27. The predicted molar refractivity (Wildman–Crippen MR) is 103 cm³/mol. The highest BCUT2D eigenvalue weighted by molar-refractivity contribution is 7.16. The third kappa shape index (κ3) is 7.20. The summed E-state index contributed by atoms with van der Waals surface area (Å²) in [6.45, 7) is 11.3. The molecular formula is C19H20N2O4S. The fourth-order valence-corrected chi connectivity index (χ4v) is 2.27. The van der Waals surface area contributed by atoms with Crippen molar-refractivity contribution < 1.29 is 19.4 Å². The number of anilines is 1. The molecule has 2 aromatic rings. The standard InChI is InChI=1S/C17H16N2O4S.C2H4/c1-17(2,3)23-16(22)19-15-18-10-13(24-15)9-6-11-4-7-12(8-5-11)14(20)21;1-2/h4-5,7-8,10H,1-3H3,(H,20,21)(H,18,19,22);1-2H2. The number of aromatic carboxylic acids is 1. The minimum absolute atomic E-state index is 0.210. The van der Waals surface area contributed by atoms with Crippen LogP contribution in [-0.2, 0) is 4.74 Å². The van der Waals surface area contributed by atoms with Crippen molar-refractivity contribution >= 4 is 28.5 Å². The molecule has 1 aromatic carbocycles. The van der Waals surface area contributed by atoms with Crippen LogP contribution in [0.4, 0.5) is 9.93 Å². The van der Waals surface area contributed by atoms with Gasteiger partial charge >= 0.3 is 12.1 Å². The molecule has 136 valence electrons. The van der Waals surface area contributed by atoms with Crippen molar-refractivity contribution in [1.29, 1.82) is 0 Å². The molecule has 0 spiro atoms. The Bertz CT molecular complexity index is 824. The van der Waals surface area contributed by atoms with E-state index >= 15 is 0 Å². The molecule has 0 aliphatic heterocycles. The molecule has 7 heteroatoms. The number of carbonyl (C=O) groups excluding carboxylic acids is 1. The molecule has 0 saturated heterocycles. The topological polar surface area (TPSA) is 88.5 Å². The van der Waals surface area contributed by atoms with E-state index in [9.17, 15) is 9.59 Å². The lowest BCUT2D eigenvalue weighted by atomic mass is 10.1. The Balaban J connectivity index is 0.00000163. The van der Waals surface area contributed by atoms with Gasteiger partial charge in [0.1, 0.15) is 5.60 Å². The fraction of sp³-hybridized carbons (Fsp3) is 0.211. The average Bonchev–Trinajstić information content (AvgIpc) is 3.00. The van der Waals surface area contributed by atoms with E-state index in [1.807, 2.05) is 0 Å². The summed E-state index contributed by atoms with van der Waals surface area (Å²) in [5.74, 6) is 4.86. The van der Waals surface area contributed by atoms with Gasteiger partial charge in [0.15, 0.2) is 5.13 Å². The van der Waals surface area contributed by atoms with Gasteiger partial charge in [0.2, 0.25) is 0 Å². The first-order valence-electron chi connectivity index (χ1n) is 7.54.